The Bertz CT molecular complexity index is 1700. The van der Waals surface area contributed by atoms with Crippen molar-refractivity contribution in [3.8, 4) is 11.1 Å². The third-order valence-corrected chi connectivity index (χ3v) is 10.8. The van der Waals surface area contributed by atoms with Gasteiger partial charge in [0.05, 0.1) is 0 Å². The van der Waals surface area contributed by atoms with Crippen molar-refractivity contribution in [2.45, 2.75) is 43.5 Å². The molecule has 0 aliphatic carbocycles. The second kappa shape index (κ2) is 17.9. The summed E-state index contributed by atoms with van der Waals surface area (Å²) in [5.74, 6) is 0.00371. The van der Waals surface area contributed by atoms with E-state index in [1.54, 1.807) is 11.8 Å². The first kappa shape index (κ1) is 35.9. The van der Waals surface area contributed by atoms with Crippen LogP contribution in [0.15, 0.2) is 102 Å². The van der Waals surface area contributed by atoms with Crippen molar-refractivity contribution in [2.24, 2.45) is 5.92 Å². The number of halogens is 1. The highest BCUT2D eigenvalue weighted by Gasteiger charge is 2.36. The zero-order valence-electron chi connectivity index (χ0n) is 28.7. The number of alkyl carbamates (subject to hydrolysis) is 1. The summed E-state index contributed by atoms with van der Waals surface area (Å²) in [7, 11) is 0. The third-order valence-electron chi connectivity index (χ3n) is 9.83. The second-order valence-electron chi connectivity index (χ2n) is 13.1. The number of benzene rings is 3. The van der Waals surface area contributed by atoms with E-state index in [1.807, 2.05) is 65.9 Å². The molecule has 6 rings (SSSR count). The number of amides is 2. The number of carbonyl (C=O) groups is 2. The number of hydrogen-bond donors (Lipinski definition) is 1. The number of likely N-dealkylation sites (tertiary alicyclic amines) is 1. The lowest BCUT2D eigenvalue weighted by molar-refractivity contribution is -0.137. The number of carbonyl (C=O) groups excluding carboxylic acids is 2. The summed E-state index contributed by atoms with van der Waals surface area (Å²) >= 11 is 8.08. The van der Waals surface area contributed by atoms with E-state index in [4.69, 9.17) is 16.3 Å². The van der Waals surface area contributed by atoms with Crippen LogP contribution in [0.5, 0.6) is 0 Å². The topological polar surface area (TPSA) is 78.0 Å². The van der Waals surface area contributed by atoms with Crippen molar-refractivity contribution < 1.29 is 14.3 Å². The minimum Gasteiger partial charge on any atom is -0.445 e. The van der Waals surface area contributed by atoms with Gasteiger partial charge in [-0.15, -0.1) is 11.8 Å². The van der Waals surface area contributed by atoms with Gasteiger partial charge in [-0.05, 0) is 90.5 Å². The van der Waals surface area contributed by atoms with Crippen LogP contribution in [-0.4, -0.2) is 89.8 Å². The SMILES string of the molecule is CSc1ncccc1CN1CCN(C(=O)[C@H](NC(=O)OCc2ccccc2)C2CCN(CCc3cc(Cl)ccc3-c3ccccc3)CC2)CC1. The smallest absolute Gasteiger partial charge is 0.408 e. The first-order valence-electron chi connectivity index (χ1n) is 17.5. The highest BCUT2D eigenvalue weighted by Crippen LogP contribution is 2.29. The van der Waals surface area contributed by atoms with Crippen LogP contribution in [0.1, 0.15) is 29.5 Å². The number of hydrogen-bond acceptors (Lipinski definition) is 7. The van der Waals surface area contributed by atoms with Gasteiger partial charge in [0.1, 0.15) is 17.7 Å². The number of rotatable bonds is 12. The molecule has 50 heavy (non-hydrogen) atoms. The quantitative estimate of drug-likeness (QED) is 0.158. The van der Waals surface area contributed by atoms with Crippen LogP contribution in [-0.2, 0) is 29.1 Å². The number of piperidine rings is 1. The van der Waals surface area contributed by atoms with Crippen LogP contribution in [0.3, 0.4) is 0 Å². The van der Waals surface area contributed by atoms with E-state index < -0.39 is 12.1 Å². The molecule has 10 heteroatoms. The predicted molar refractivity (Wildman–Crippen MR) is 201 cm³/mol. The molecule has 3 aromatic carbocycles. The maximum absolute atomic E-state index is 14.2. The Labute approximate surface area is 305 Å². The standard InChI is InChI=1S/C40H46ClN5O3S/c1-50-38-34(13-8-19-42-38)28-45-23-25-46(26-24-45)39(47)37(43-40(48)49-29-30-9-4-2-5-10-30)32-16-20-44(21-17-32)22-18-33-27-35(41)14-15-36(33)31-11-6-3-7-12-31/h2-15,19,27,32,37H,16-18,20-26,28-29H2,1H3,(H,43,48)/t37-/m1/s1. The summed E-state index contributed by atoms with van der Waals surface area (Å²) in [6, 6.07) is 29.6. The summed E-state index contributed by atoms with van der Waals surface area (Å²) < 4.78 is 5.60. The van der Waals surface area contributed by atoms with E-state index in [9.17, 15) is 9.59 Å². The molecule has 262 valence electrons. The highest BCUT2D eigenvalue weighted by molar-refractivity contribution is 7.98. The third kappa shape index (κ3) is 9.66. The lowest BCUT2D eigenvalue weighted by atomic mass is 9.88. The van der Waals surface area contributed by atoms with E-state index in [1.165, 1.54) is 22.3 Å². The lowest BCUT2D eigenvalue weighted by Crippen LogP contribution is -2.58. The molecule has 2 amide bonds. The van der Waals surface area contributed by atoms with Gasteiger partial charge in [-0.3, -0.25) is 9.69 Å². The summed E-state index contributed by atoms with van der Waals surface area (Å²) in [4.78, 5) is 38.6. The maximum atomic E-state index is 14.2. The van der Waals surface area contributed by atoms with Crippen molar-refractivity contribution in [2.75, 3.05) is 52.1 Å². The molecule has 0 unspecified atom stereocenters. The zero-order chi connectivity index (χ0) is 34.7. The molecule has 2 aliphatic rings. The number of nitrogens with one attached hydrogen (secondary N) is 1. The Hall–Kier alpha value is -3.89. The van der Waals surface area contributed by atoms with Crippen molar-refractivity contribution >= 4 is 35.4 Å². The molecule has 1 aromatic heterocycles. The van der Waals surface area contributed by atoms with Crippen LogP contribution in [0, 0.1) is 5.92 Å². The first-order valence-corrected chi connectivity index (χ1v) is 19.1. The van der Waals surface area contributed by atoms with E-state index in [0.717, 1.165) is 74.1 Å². The number of aromatic nitrogens is 1. The number of piperazine rings is 1. The first-order chi connectivity index (χ1) is 24.5. The van der Waals surface area contributed by atoms with E-state index in [-0.39, 0.29) is 18.4 Å². The molecule has 2 fully saturated rings. The van der Waals surface area contributed by atoms with Gasteiger partial charge in [0, 0.05) is 50.5 Å². The molecule has 0 radical (unpaired) electrons. The number of thioether (sulfide) groups is 1. The van der Waals surface area contributed by atoms with Gasteiger partial charge >= 0.3 is 6.09 Å². The highest BCUT2D eigenvalue weighted by atomic mass is 35.5. The van der Waals surface area contributed by atoms with Gasteiger partial charge in [0.2, 0.25) is 5.91 Å². The van der Waals surface area contributed by atoms with Crippen LogP contribution in [0.25, 0.3) is 11.1 Å². The normalized spacial score (nSPS) is 16.6. The second-order valence-corrected chi connectivity index (χ2v) is 14.3. The Balaban J connectivity index is 1.07. The molecule has 0 saturated carbocycles. The largest absolute Gasteiger partial charge is 0.445 e. The fourth-order valence-corrected chi connectivity index (χ4v) is 7.78. The summed E-state index contributed by atoms with van der Waals surface area (Å²) in [6.07, 6.45) is 5.83. The van der Waals surface area contributed by atoms with E-state index >= 15 is 0 Å². The number of pyridine rings is 1. The molecule has 2 aliphatic heterocycles. The number of ether oxygens (including phenoxy) is 1. The lowest BCUT2D eigenvalue weighted by Gasteiger charge is -2.40. The van der Waals surface area contributed by atoms with E-state index in [0.29, 0.717) is 13.1 Å². The fourth-order valence-electron chi connectivity index (χ4n) is 7.02. The van der Waals surface area contributed by atoms with Crippen LogP contribution in [0.4, 0.5) is 4.79 Å². The average Bonchev–Trinajstić information content (AvgIpc) is 3.16. The Morgan fingerprint density at radius 3 is 2.32 bits per heavy atom. The fraction of sp³-hybridized carbons (Fsp3) is 0.375. The summed E-state index contributed by atoms with van der Waals surface area (Å²) in [6.45, 7) is 6.35. The zero-order valence-corrected chi connectivity index (χ0v) is 30.2. The van der Waals surface area contributed by atoms with Gasteiger partial charge in [0.15, 0.2) is 0 Å². The Morgan fingerprint density at radius 1 is 0.880 bits per heavy atom. The van der Waals surface area contributed by atoms with Gasteiger partial charge in [0.25, 0.3) is 0 Å². The molecule has 2 saturated heterocycles. The number of nitrogens with zero attached hydrogens (tertiary/aromatic N) is 4. The van der Waals surface area contributed by atoms with Gasteiger partial charge in [-0.25, -0.2) is 9.78 Å². The van der Waals surface area contributed by atoms with Crippen molar-refractivity contribution in [3.05, 3.63) is 119 Å². The van der Waals surface area contributed by atoms with Crippen LogP contribution < -0.4 is 5.32 Å². The van der Waals surface area contributed by atoms with E-state index in [2.05, 4.69) is 62.6 Å². The molecule has 8 nitrogen and oxygen atoms in total. The van der Waals surface area contributed by atoms with Crippen LogP contribution in [0.2, 0.25) is 5.02 Å². The molecule has 1 N–H and O–H groups in total. The molecule has 1 atom stereocenters. The minimum absolute atomic E-state index is 0.0163. The Morgan fingerprint density at radius 2 is 1.60 bits per heavy atom. The molecule has 3 heterocycles. The van der Waals surface area contributed by atoms with Crippen molar-refractivity contribution in [1.82, 2.24) is 25.0 Å². The average molecular weight is 712 g/mol. The van der Waals surface area contributed by atoms with Crippen molar-refractivity contribution in [1.29, 1.82) is 0 Å². The predicted octanol–water partition coefficient (Wildman–Crippen LogP) is 7.02. The minimum atomic E-state index is -0.633. The molecule has 4 aromatic rings. The maximum Gasteiger partial charge on any atom is 0.408 e. The molecular weight excluding hydrogens is 666 g/mol. The molecule has 0 spiro atoms. The summed E-state index contributed by atoms with van der Waals surface area (Å²) in [5.41, 5.74) is 5.74. The van der Waals surface area contributed by atoms with Crippen molar-refractivity contribution in [3.63, 3.8) is 0 Å². The Kier molecular flexibility index (Phi) is 12.8. The molecule has 0 bridgehead atoms. The van der Waals surface area contributed by atoms with Gasteiger partial charge < -0.3 is 19.9 Å². The molecular formula is C40H46ClN5O3S. The van der Waals surface area contributed by atoms with Gasteiger partial charge in [-0.2, -0.15) is 0 Å². The van der Waals surface area contributed by atoms with Crippen LogP contribution >= 0.6 is 23.4 Å². The summed E-state index contributed by atoms with van der Waals surface area (Å²) in [5, 5.41) is 4.80. The van der Waals surface area contributed by atoms with Gasteiger partial charge in [-0.1, -0.05) is 84.4 Å². The monoisotopic (exact) mass is 711 g/mol.